The zero-order chi connectivity index (χ0) is 19.6. The van der Waals surface area contributed by atoms with Gasteiger partial charge in [0.1, 0.15) is 17.4 Å². The second-order valence-electron chi connectivity index (χ2n) is 7.80. The Morgan fingerprint density at radius 3 is 2.54 bits per heavy atom. The third kappa shape index (κ3) is 4.18. The maximum Gasteiger partial charge on any atom is 0.410 e. The van der Waals surface area contributed by atoms with Gasteiger partial charge in [-0.3, -0.25) is 4.79 Å². The fourth-order valence-electron chi connectivity index (χ4n) is 3.19. The molecule has 1 amide bonds. The lowest BCUT2D eigenvalue weighted by Crippen LogP contribution is -2.59. The van der Waals surface area contributed by atoms with Crippen molar-refractivity contribution in [2.75, 3.05) is 18.0 Å². The van der Waals surface area contributed by atoms with Gasteiger partial charge in [0.25, 0.3) is 5.56 Å². The van der Waals surface area contributed by atoms with Crippen molar-refractivity contribution < 1.29 is 9.53 Å². The van der Waals surface area contributed by atoms with Crippen molar-refractivity contribution in [1.29, 1.82) is 5.26 Å². The Morgan fingerprint density at radius 1 is 1.35 bits per heavy atom. The summed E-state index contributed by atoms with van der Waals surface area (Å²) in [6, 6.07) is 5.32. The number of carbonyl (C=O) groups excluding carboxylic acids is 1. The topological polar surface area (TPSA) is 78.6 Å². The Labute approximate surface area is 154 Å². The normalized spacial score (nSPS) is 20.7. The molecule has 7 nitrogen and oxygen atoms in total. The zero-order valence-corrected chi connectivity index (χ0v) is 16.4. The SMILES string of the molecule is CC[C@@H]1CN(c2cc(C#N)n(C)c(=O)c2)[C@@H](C)CN1C(=O)OC(C)(C)C. The predicted octanol–water partition coefficient (Wildman–Crippen LogP) is 2.48. The van der Waals surface area contributed by atoms with Crippen LogP contribution >= 0.6 is 0 Å². The molecular weight excluding hydrogens is 332 g/mol. The fraction of sp³-hybridized carbons (Fsp3) is 0.632. The second kappa shape index (κ2) is 7.40. The summed E-state index contributed by atoms with van der Waals surface area (Å²) < 4.78 is 6.88. The van der Waals surface area contributed by atoms with Crippen LogP contribution in [-0.4, -0.2) is 46.3 Å². The first kappa shape index (κ1) is 19.8. The van der Waals surface area contributed by atoms with Gasteiger partial charge in [0.15, 0.2) is 0 Å². The van der Waals surface area contributed by atoms with E-state index in [4.69, 9.17) is 4.74 Å². The molecule has 142 valence electrons. The van der Waals surface area contributed by atoms with Gasteiger partial charge in [-0.25, -0.2) is 4.79 Å². The average Bonchev–Trinajstić information content (AvgIpc) is 2.55. The first-order valence-electron chi connectivity index (χ1n) is 8.94. The Kier molecular flexibility index (Phi) is 5.65. The van der Waals surface area contributed by atoms with Gasteiger partial charge < -0.3 is 19.1 Å². The molecule has 0 radical (unpaired) electrons. The zero-order valence-electron chi connectivity index (χ0n) is 16.4. The first-order chi connectivity index (χ1) is 12.1. The van der Waals surface area contributed by atoms with Crippen LogP contribution in [0.2, 0.25) is 0 Å². The van der Waals surface area contributed by atoms with Crippen LogP contribution < -0.4 is 10.5 Å². The van der Waals surface area contributed by atoms with Crippen LogP contribution in [0.4, 0.5) is 10.5 Å². The van der Waals surface area contributed by atoms with Gasteiger partial charge in [0.2, 0.25) is 0 Å². The number of nitrogens with zero attached hydrogens (tertiary/aromatic N) is 4. The highest BCUT2D eigenvalue weighted by Gasteiger charge is 2.36. The van der Waals surface area contributed by atoms with Gasteiger partial charge in [-0.1, -0.05) is 6.92 Å². The molecule has 1 aromatic heterocycles. The number of amides is 1. The molecule has 0 unspecified atom stereocenters. The van der Waals surface area contributed by atoms with E-state index >= 15 is 0 Å². The Morgan fingerprint density at radius 2 is 2.00 bits per heavy atom. The molecule has 0 saturated carbocycles. The van der Waals surface area contributed by atoms with Gasteiger partial charge in [-0.05, 0) is 40.2 Å². The highest BCUT2D eigenvalue weighted by molar-refractivity contribution is 5.69. The standard InChI is InChI=1S/C19H28N4O3/c1-7-14-12-22(15-8-16(10-20)21(6)17(24)9-15)13(2)11-23(14)18(25)26-19(3,4)5/h8-9,13-14H,7,11-12H2,1-6H3/t13-,14+/m0/s1. The molecule has 0 spiro atoms. The number of hydrogen-bond acceptors (Lipinski definition) is 5. The molecule has 0 bridgehead atoms. The lowest BCUT2D eigenvalue weighted by molar-refractivity contribution is 0.0106. The highest BCUT2D eigenvalue weighted by atomic mass is 16.6. The molecule has 0 aromatic carbocycles. The minimum absolute atomic E-state index is 0.00367. The van der Waals surface area contributed by atoms with E-state index < -0.39 is 5.60 Å². The van der Waals surface area contributed by atoms with E-state index in [1.54, 1.807) is 24.1 Å². The van der Waals surface area contributed by atoms with E-state index in [2.05, 4.69) is 11.0 Å². The highest BCUT2D eigenvalue weighted by Crippen LogP contribution is 2.25. The van der Waals surface area contributed by atoms with E-state index in [1.807, 2.05) is 34.6 Å². The van der Waals surface area contributed by atoms with E-state index in [-0.39, 0.29) is 23.7 Å². The monoisotopic (exact) mass is 360 g/mol. The van der Waals surface area contributed by atoms with E-state index in [9.17, 15) is 14.9 Å². The van der Waals surface area contributed by atoms with Crippen molar-refractivity contribution in [2.24, 2.45) is 7.05 Å². The molecule has 1 aliphatic heterocycles. The number of aromatic nitrogens is 1. The number of hydrogen-bond donors (Lipinski definition) is 0. The van der Waals surface area contributed by atoms with Crippen LogP contribution in [0.3, 0.4) is 0 Å². The molecule has 0 aliphatic carbocycles. The summed E-state index contributed by atoms with van der Waals surface area (Å²) in [5, 5.41) is 9.26. The van der Waals surface area contributed by atoms with Crippen LogP contribution in [0, 0.1) is 11.3 Å². The molecule has 1 aliphatic rings. The Bertz CT molecular complexity index is 772. The summed E-state index contributed by atoms with van der Waals surface area (Å²) in [5.41, 5.74) is 0.291. The largest absolute Gasteiger partial charge is 0.444 e. The van der Waals surface area contributed by atoms with Crippen molar-refractivity contribution in [1.82, 2.24) is 9.47 Å². The van der Waals surface area contributed by atoms with E-state index in [1.165, 1.54) is 4.57 Å². The van der Waals surface area contributed by atoms with Crippen molar-refractivity contribution in [3.05, 3.63) is 28.2 Å². The van der Waals surface area contributed by atoms with E-state index in [0.29, 0.717) is 18.8 Å². The number of ether oxygens (including phenoxy) is 1. The number of nitriles is 1. The Hall–Kier alpha value is -2.49. The lowest BCUT2D eigenvalue weighted by atomic mass is 10.0. The molecule has 1 fully saturated rings. The molecule has 2 rings (SSSR count). The minimum Gasteiger partial charge on any atom is -0.444 e. The fourth-order valence-corrected chi connectivity index (χ4v) is 3.19. The van der Waals surface area contributed by atoms with Crippen molar-refractivity contribution >= 4 is 11.8 Å². The van der Waals surface area contributed by atoms with Gasteiger partial charge in [-0.2, -0.15) is 5.26 Å². The maximum atomic E-state index is 12.6. The summed E-state index contributed by atoms with van der Waals surface area (Å²) in [6.45, 7) is 10.7. The molecule has 2 atom stereocenters. The van der Waals surface area contributed by atoms with Crippen LogP contribution in [0.25, 0.3) is 0 Å². The average molecular weight is 360 g/mol. The number of pyridine rings is 1. The minimum atomic E-state index is -0.539. The van der Waals surface area contributed by atoms with Crippen LogP contribution in [0.15, 0.2) is 16.9 Å². The third-order valence-electron chi connectivity index (χ3n) is 4.63. The van der Waals surface area contributed by atoms with Crippen LogP contribution in [0.1, 0.15) is 46.7 Å². The summed E-state index contributed by atoms with van der Waals surface area (Å²) in [7, 11) is 1.59. The van der Waals surface area contributed by atoms with E-state index in [0.717, 1.165) is 12.1 Å². The molecule has 1 aromatic rings. The number of rotatable bonds is 2. The molecule has 7 heteroatoms. The number of carbonyl (C=O) groups is 1. The van der Waals surface area contributed by atoms with Gasteiger partial charge in [-0.15, -0.1) is 0 Å². The van der Waals surface area contributed by atoms with Crippen molar-refractivity contribution in [2.45, 2.75) is 58.7 Å². The summed E-state index contributed by atoms with van der Waals surface area (Å²) >= 11 is 0. The van der Waals surface area contributed by atoms with Crippen LogP contribution in [0.5, 0.6) is 0 Å². The van der Waals surface area contributed by atoms with Crippen LogP contribution in [-0.2, 0) is 11.8 Å². The molecule has 1 saturated heterocycles. The lowest BCUT2D eigenvalue weighted by Gasteiger charge is -2.46. The Balaban J connectivity index is 2.29. The number of piperazine rings is 1. The molecule has 26 heavy (non-hydrogen) atoms. The summed E-state index contributed by atoms with van der Waals surface area (Å²) in [6.07, 6.45) is 0.468. The van der Waals surface area contributed by atoms with Gasteiger partial charge in [0.05, 0.1) is 6.04 Å². The first-order valence-corrected chi connectivity index (χ1v) is 8.94. The predicted molar refractivity (Wildman–Crippen MR) is 100 cm³/mol. The summed E-state index contributed by atoms with van der Waals surface area (Å²) in [5.74, 6) is 0. The van der Waals surface area contributed by atoms with Gasteiger partial charge >= 0.3 is 6.09 Å². The van der Waals surface area contributed by atoms with Gasteiger partial charge in [0, 0.05) is 37.9 Å². The molecular formula is C19H28N4O3. The van der Waals surface area contributed by atoms with Crippen molar-refractivity contribution in [3.8, 4) is 6.07 Å². The third-order valence-corrected chi connectivity index (χ3v) is 4.63. The summed E-state index contributed by atoms with van der Waals surface area (Å²) in [4.78, 5) is 28.6. The molecule has 0 N–H and O–H groups in total. The maximum absolute atomic E-state index is 12.6. The van der Waals surface area contributed by atoms with Crippen molar-refractivity contribution in [3.63, 3.8) is 0 Å². The quantitative estimate of drug-likeness (QED) is 0.810. The second-order valence-corrected chi connectivity index (χ2v) is 7.80. The smallest absolute Gasteiger partial charge is 0.410 e. The number of anilines is 1. The molecule has 2 heterocycles.